The van der Waals surface area contributed by atoms with E-state index in [1.54, 1.807) is 89.3 Å². The van der Waals surface area contributed by atoms with Gasteiger partial charge < -0.3 is 40.8 Å². The highest BCUT2D eigenvalue weighted by molar-refractivity contribution is 6.43. The average molecular weight is 1190 g/mol. The zero-order valence-electron chi connectivity index (χ0n) is 41.6. The highest BCUT2D eigenvalue weighted by Crippen LogP contribution is 2.32. The van der Waals surface area contributed by atoms with Crippen molar-refractivity contribution in [2.24, 2.45) is 5.73 Å². The van der Waals surface area contributed by atoms with E-state index in [0.717, 1.165) is 11.3 Å². The van der Waals surface area contributed by atoms with E-state index in [-0.39, 0.29) is 88.1 Å². The number of hydrogen-bond donors (Lipinski definition) is 5. The third kappa shape index (κ3) is 14.7. The van der Waals surface area contributed by atoms with E-state index in [1.807, 2.05) is 0 Å². The van der Waals surface area contributed by atoms with Crippen LogP contribution in [0.2, 0.25) is 25.1 Å². The van der Waals surface area contributed by atoms with Crippen LogP contribution in [-0.4, -0.2) is 104 Å². The van der Waals surface area contributed by atoms with E-state index in [9.17, 15) is 33.9 Å². The van der Waals surface area contributed by atoms with Crippen LogP contribution in [0.3, 0.4) is 0 Å². The van der Waals surface area contributed by atoms with E-state index in [2.05, 4.69) is 62.2 Å². The molecule has 0 saturated carbocycles. The van der Waals surface area contributed by atoms with Gasteiger partial charge in [0.25, 0.3) is 17.7 Å². The standard InChI is InChI=1S/C19H11ClN4O3.C17H14Cl2N6O3.C17H12Cl2N4O3/c1-2-11-9-17(13(19(26)27)10-14(11)20)22-18(25)16-4-3-15(23-24-16)12-5-7-21-8-6-12;1-28-17(27)10-5-11(18)12(19)6-13(10)22-16(26)14-4-9(7-20)15(24-23-14)25-3-2-21-8-25;1-26-17(25)11-6-12(18)13(19)7-15(11)22-16(24)14-3-2-10(8-21-14)23-5-4-20-9-23/h1,3-10H,(H,22,25)(H,26,27);2-6,8H,7,20H2,1H3,(H,22,26);2-9H,1H3,(H,22,24). The van der Waals surface area contributed by atoms with Gasteiger partial charge in [-0.2, -0.15) is 0 Å². The molecule has 6 aromatic heterocycles. The number of ether oxygens (including phenoxy) is 2. The number of hydrogen-bond acceptors (Lipinski definition) is 17. The molecule has 0 fully saturated rings. The molecule has 0 aliphatic rings. The molecule has 6 heterocycles. The van der Waals surface area contributed by atoms with Crippen LogP contribution in [0.25, 0.3) is 22.8 Å². The number of terminal acetylenes is 1. The maximum absolute atomic E-state index is 12.6. The number of carboxylic acids is 1. The number of pyridine rings is 2. The van der Waals surface area contributed by atoms with Crippen molar-refractivity contribution in [3.63, 3.8) is 0 Å². The Kier molecular flexibility index (Phi) is 19.9. The molecule has 0 spiro atoms. The number of carboxylic acid groups (broad SMARTS) is 1. The van der Waals surface area contributed by atoms with Crippen LogP contribution >= 0.6 is 58.0 Å². The minimum absolute atomic E-state index is 0.00574. The van der Waals surface area contributed by atoms with Gasteiger partial charge in [0.1, 0.15) is 12.0 Å². The molecule has 9 rings (SSSR count). The summed E-state index contributed by atoms with van der Waals surface area (Å²) in [7, 11) is 2.44. The quantitative estimate of drug-likeness (QED) is 0.0530. The number of nitrogens with zero attached hydrogens (tertiary/aromatic N) is 10. The summed E-state index contributed by atoms with van der Waals surface area (Å²) in [5.41, 5.74) is 9.19. The van der Waals surface area contributed by atoms with Crippen LogP contribution in [0.15, 0.2) is 135 Å². The highest BCUT2D eigenvalue weighted by Gasteiger charge is 2.22. The first-order valence-corrected chi connectivity index (χ1v) is 24.7. The number of nitrogens with two attached hydrogens (primary N) is 1. The Morgan fingerprint density at radius 1 is 0.593 bits per heavy atom. The van der Waals surface area contributed by atoms with Crippen LogP contribution in [0, 0.1) is 12.3 Å². The molecule has 0 unspecified atom stereocenters. The van der Waals surface area contributed by atoms with Crippen LogP contribution in [0.5, 0.6) is 0 Å². The SMILES string of the molecule is C#Cc1cc(NC(=O)c2ccc(-c3ccncc3)nn2)c(C(=O)O)cc1Cl.COC(=O)c1cc(Cl)c(Cl)cc1NC(=O)c1cc(CN)c(-n2ccnc2)nn1.COC(=O)c1cc(Cl)c(Cl)cc1NC(=O)c1ccc(-n2ccnc2)cn1. The smallest absolute Gasteiger partial charge is 0.340 e. The molecular weight excluding hydrogens is 1150 g/mol. The van der Waals surface area contributed by atoms with E-state index in [4.69, 9.17) is 79.6 Å². The molecule has 3 aromatic carbocycles. The van der Waals surface area contributed by atoms with E-state index < -0.39 is 35.6 Å². The summed E-state index contributed by atoms with van der Waals surface area (Å²) in [5, 5.41) is 33.6. The topological polar surface area (TPSA) is 316 Å². The minimum atomic E-state index is -1.25. The second-order valence-corrected chi connectivity index (χ2v) is 18.0. The number of imidazole rings is 2. The lowest BCUT2D eigenvalue weighted by Gasteiger charge is -2.12. The van der Waals surface area contributed by atoms with Crippen molar-refractivity contribution in [2.75, 3.05) is 30.2 Å². The van der Waals surface area contributed by atoms with Crippen LogP contribution < -0.4 is 21.7 Å². The van der Waals surface area contributed by atoms with Crippen molar-refractivity contribution in [1.82, 2.24) is 49.5 Å². The average Bonchev–Trinajstić information content (AvgIpc) is 4.33. The molecule has 0 radical (unpaired) electrons. The molecule has 0 aliphatic carbocycles. The van der Waals surface area contributed by atoms with Crippen molar-refractivity contribution >= 4 is 111 Å². The van der Waals surface area contributed by atoms with Gasteiger partial charge in [-0.1, -0.05) is 63.9 Å². The lowest BCUT2D eigenvalue weighted by atomic mass is 10.1. The monoisotopic (exact) mass is 1190 g/mol. The Balaban J connectivity index is 0.000000175. The second-order valence-electron chi connectivity index (χ2n) is 16.0. The molecule has 0 atom stereocenters. The molecule has 0 bridgehead atoms. The minimum Gasteiger partial charge on any atom is -0.478 e. The number of carbonyl (C=O) groups excluding carboxylic acids is 5. The van der Waals surface area contributed by atoms with Gasteiger partial charge in [-0.05, 0) is 78.9 Å². The number of halogens is 5. The fraction of sp³-hybridized carbons (Fsp3) is 0.0566. The summed E-state index contributed by atoms with van der Waals surface area (Å²) in [6, 6.07) is 19.3. The number of rotatable bonds is 13. The summed E-state index contributed by atoms with van der Waals surface area (Å²) in [6.07, 6.45) is 19.9. The Morgan fingerprint density at radius 2 is 1.11 bits per heavy atom. The van der Waals surface area contributed by atoms with Crippen molar-refractivity contribution in [3.05, 3.63) is 205 Å². The Bertz CT molecular complexity index is 3850. The van der Waals surface area contributed by atoms with Crippen molar-refractivity contribution in [1.29, 1.82) is 0 Å². The Hall–Kier alpha value is -9.67. The lowest BCUT2D eigenvalue weighted by molar-refractivity contribution is 0.0592. The number of aromatic carboxylic acids is 1. The zero-order chi connectivity index (χ0) is 58.3. The summed E-state index contributed by atoms with van der Waals surface area (Å²) < 4.78 is 12.8. The molecular formula is C53H37Cl5N14O9. The van der Waals surface area contributed by atoms with Crippen molar-refractivity contribution in [3.8, 4) is 35.1 Å². The first-order chi connectivity index (χ1) is 38.9. The van der Waals surface area contributed by atoms with Gasteiger partial charge in [-0.3, -0.25) is 23.9 Å². The number of esters is 2. The molecule has 23 nitrogen and oxygen atoms in total. The maximum atomic E-state index is 12.6. The number of carbonyl (C=O) groups is 6. The third-order valence-electron chi connectivity index (χ3n) is 10.9. The highest BCUT2D eigenvalue weighted by atomic mass is 35.5. The molecule has 3 amide bonds. The van der Waals surface area contributed by atoms with Crippen LogP contribution in [0.4, 0.5) is 17.1 Å². The van der Waals surface area contributed by atoms with Gasteiger partial charge in [-0.15, -0.1) is 26.8 Å². The van der Waals surface area contributed by atoms with Crippen molar-refractivity contribution < 1.29 is 43.3 Å². The fourth-order valence-corrected chi connectivity index (χ4v) is 7.76. The van der Waals surface area contributed by atoms with E-state index >= 15 is 0 Å². The first-order valence-electron chi connectivity index (χ1n) is 22.8. The third-order valence-corrected chi connectivity index (χ3v) is 12.6. The second kappa shape index (κ2) is 27.3. The number of anilines is 3. The Labute approximate surface area is 483 Å². The molecule has 6 N–H and O–H groups in total. The molecule has 408 valence electrons. The Morgan fingerprint density at radius 3 is 1.60 bits per heavy atom. The molecule has 28 heteroatoms. The molecule has 81 heavy (non-hydrogen) atoms. The van der Waals surface area contributed by atoms with E-state index in [0.29, 0.717) is 17.1 Å². The molecule has 9 aromatic rings. The van der Waals surface area contributed by atoms with Gasteiger partial charge in [0.2, 0.25) is 0 Å². The number of methoxy groups -OCH3 is 2. The first kappa shape index (κ1) is 59.0. The van der Waals surface area contributed by atoms with Crippen LogP contribution in [0.1, 0.15) is 73.7 Å². The predicted octanol–water partition coefficient (Wildman–Crippen LogP) is 9.20. The van der Waals surface area contributed by atoms with Gasteiger partial charge in [0.05, 0.1) is 97.0 Å². The van der Waals surface area contributed by atoms with Gasteiger partial charge >= 0.3 is 17.9 Å². The summed E-state index contributed by atoms with van der Waals surface area (Å²) in [4.78, 5) is 88.7. The normalized spacial score (nSPS) is 10.4. The summed E-state index contributed by atoms with van der Waals surface area (Å²) in [5.74, 6) is -1.54. The van der Waals surface area contributed by atoms with Gasteiger partial charge in [-0.25, -0.2) is 29.3 Å². The summed E-state index contributed by atoms with van der Waals surface area (Å²) >= 11 is 29.8. The van der Waals surface area contributed by atoms with Gasteiger partial charge in [0, 0.05) is 60.4 Å². The number of nitrogens with one attached hydrogen (secondary N) is 3. The molecule has 0 aliphatic heterocycles. The van der Waals surface area contributed by atoms with Crippen molar-refractivity contribution in [2.45, 2.75) is 6.54 Å². The fourth-order valence-electron chi connectivity index (χ4n) is 6.88. The maximum Gasteiger partial charge on any atom is 0.340 e. The largest absolute Gasteiger partial charge is 0.478 e. The molecule has 0 saturated heterocycles. The van der Waals surface area contributed by atoms with Crippen LogP contribution in [-0.2, 0) is 16.0 Å². The predicted molar refractivity (Wildman–Crippen MR) is 299 cm³/mol. The number of amides is 3. The lowest BCUT2D eigenvalue weighted by Crippen LogP contribution is -2.19. The number of benzene rings is 3. The number of aromatic nitrogens is 10. The van der Waals surface area contributed by atoms with E-state index in [1.165, 1.54) is 68.9 Å². The summed E-state index contributed by atoms with van der Waals surface area (Å²) in [6.45, 7) is 0.128. The van der Waals surface area contributed by atoms with Gasteiger partial charge in [0.15, 0.2) is 17.2 Å². The zero-order valence-corrected chi connectivity index (χ0v) is 45.4.